The quantitative estimate of drug-likeness (QED) is 0.796. The number of aromatic nitrogens is 2. The molecule has 88 valence electrons. The molecule has 2 heterocycles. The molecule has 2 N–H and O–H groups in total. The van der Waals surface area contributed by atoms with Gasteiger partial charge >= 0.3 is 0 Å². The lowest BCUT2D eigenvalue weighted by molar-refractivity contribution is -0.116. The van der Waals surface area contributed by atoms with Crippen molar-refractivity contribution in [2.75, 3.05) is 5.32 Å². The van der Waals surface area contributed by atoms with Gasteiger partial charge in [0, 0.05) is 18.9 Å². The van der Waals surface area contributed by atoms with Gasteiger partial charge in [0.15, 0.2) is 5.78 Å². The third kappa shape index (κ3) is 3.25. The Hall–Kier alpha value is -1.95. The van der Waals surface area contributed by atoms with Crippen LogP contribution in [-0.2, 0) is 4.79 Å². The van der Waals surface area contributed by atoms with Gasteiger partial charge in [-0.05, 0) is 11.4 Å². The first-order chi connectivity index (χ1) is 8.25. The highest BCUT2D eigenvalue weighted by molar-refractivity contribution is 7.12. The molecule has 0 atom stereocenters. The van der Waals surface area contributed by atoms with E-state index in [0.29, 0.717) is 10.7 Å². The number of thiophene rings is 1. The van der Waals surface area contributed by atoms with Crippen LogP contribution >= 0.6 is 11.3 Å². The molecule has 2 aromatic heterocycles. The number of H-pyrrole nitrogens is 1. The van der Waals surface area contributed by atoms with Crippen LogP contribution < -0.4 is 5.32 Å². The molecule has 0 aromatic carbocycles. The molecule has 6 heteroatoms. The van der Waals surface area contributed by atoms with E-state index in [1.165, 1.54) is 11.3 Å². The molecular formula is C11H11N3O2S. The van der Waals surface area contributed by atoms with Crippen molar-refractivity contribution in [3.8, 4) is 0 Å². The van der Waals surface area contributed by atoms with Crippen LogP contribution in [0.15, 0.2) is 29.8 Å². The minimum Gasteiger partial charge on any atom is -0.311 e. The number of aromatic amines is 1. The lowest BCUT2D eigenvalue weighted by Gasteiger charge is -2.01. The van der Waals surface area contributed by atoms with Gasteiger partial charge in [0.1, 0.15) is 5.82 Å². The lowest BCUT2D eigenvalue weighted by Crippen LogP contribution is -2.13. The number of rotatable bonds is 5. The first-order valence-corrected chi connectivity index (χ1v) is 5.99. The summed E-state index contributed by atoms with van der Waals surface area (Å²) in [5.41, 5.74) is 0. The predicted octanol–water partition coefficient (Wildman–Crippen LogP) is 2.07. The summed E-state index contributed by atoms with van der Waals surface area (Å²) in [6.07, 6.45) is 1.95. The molecule has 5 nitrogen and oxygen atoms in total. The maximum absolute atomic E-state index is 11.6. The molecule has 17 heavy (non-hydrogen) atoms. The Morgan fingerprint density at radius 1 is 1.35 bits per heavy atom. The highest BCUT2D eigenvalue weighted by Gasteiger charge is 2.10. The smallest absolute Gasteiger partial charge is 0.225 e. The molecule has 2 aromatic rings. The van der Waals surface area contributed by atoms with Gasteiger partial charge in [-0.1, -0.05) is 6.07 Å². The molecule has 0 aliphatic rings. The van der Waals surface area contributed by atoms with E-state index in [9.17, 15) is 9.59 Å². The van der Waals surface area contributed by atoms with E-state index >= 15 is 0 Å². The van der Waals surface area contributed by atoms with Crippen molar-refractivity contribution in [1.82, 2.24) is 10.2 Å². The van der Waals surface area contributed by atoms with Crippen LogP contribution in [0, 0.1) is 0 Å². The number of ketones is 1. The Balaban J connectivity index is 1.79. The second kappa shape index (κ2) is 5.40. The first kappa shape index (κ1) is 11.5. The number of Topliss-reactive ketones (excluding diaryl/α,β-unsaturated/α-hetero) is 1. The van der Waals surface area contributed by atoms with Crippen molar-refractivity contribution in [3.63, 3.8) is 0 Å². The van der Waals surface area contributed by atoms with E-state index in [1.807, 2.05) is 11.4 Å². The Morgan fingerprint density at radius 2 is 2.24 bits per heavy atom. The second-order valence-corrected chi connectivity index (χ2v) is 4.37. The van der Waals surface area contributed by atoms with Gasteiger partial charge in [0.25, 0.3) is 0 Å². The summed E-state index contributed by atoms with van der Waals surface area (Å²) in [5.74, 6) is 0.345. The van der Waals surface area contributed by atoms with E-state index in [4.69, 9.17) is 0 Å². The highest BCUT2D eigenvalue weighted by Crippen LogP contribution is 2.12. The molecule has 0 saturated heterocycles. The van der Waals surface area contributed by atoms with Crippen molar-refractivity contribution in [2.45, 2.75) is 12.8 Å². The van der Waals surface area contributed by atoms with Crippen molar-refractivity contribution >= 4 is 28.8 Å². The normalized spacial score (nSPS) is 10.1. The number of anilines is 1. The topological polar surface area (TPSA) is 74.8 Å². The molecule has 0 saturated carbocycles. The van der Waals surface area contributed by atoms with Gasteiger partial charge in [0.05, 0.1) is 11.1 Å². The molecule has 0 aliphatic carbocycles. The number of hydrogen-bond donors (Lipinski definition) is 2. The number of nitrogens with zero attached hydrogens (tertiary/aromatic N) is 1. The Bertz CT molecular complexity index is 491. The molecule has 0 fully saturated rings. The average Bonchev–Trinajstić information content (AvgIpc) is 2.97. The minimum absolute atomic E-state index is 0.000222. The van der Waals surface area contributed by atoms with Crippen LogP contribution in [0.2, 0.25) is 0 Å². The molecular weight excluding hydrogens is 238 g/mol. The Morgan fingerprint density at radius 3 is 2.88 bits per heavy atom. The van der Waals surface area contributed by atoms with Crippen molar-refractivity contribution in [1.29, 1.82) is 0 Å². The van der Waals surface area contributed by atoms with Gasteiger partial charge < -0.3 is 5.32 Å². The van der Waals surface area contributed by atoms with Crippen LogP contribution in [-0.4, -0.2) is 21.9 Å². The van der Waals surface area contributed by atoms with Crippen LogP contribution in [0.1, 0.15) is 22.5 Å². The van der Waals surface area contributed by atoms with E-state index < -0.39 is 0 Å². The summed E-state index contributed by atoms with van der Waals surface area (Å²) in [6, 6.07) is 5.24. The van der Waals surface area contributed by atoms with Crippen molar-refractivity contribution in [2.24, 2.45) is 0 Å². The van der Waals surface area contributed by atoms with Gasteiger partial charge in [-0.3, -0.25) is 14.7 Å². The van der Waals surface area contributed by atoms with Gasteiger partial charge in [-0.25, -0.2) is 0 Å². The van der Waals surface area contributed by atoms with E-state index in [-0.39, 0.29) is 24.5 Å². The third-order valence-corrected chi connectivity index (χ3v) is 3.06. The minimum atomic E-state index is -0.195. The van der Waals surface area contributed by atoms with Crippen molar-refractivity contribution in [3.05, 3.63) is 34.7 Å². The van der Waals surface area contributed by atoms with E-state index in [2.05, 4.69) is 15.5 Å². The summed E-state index contributed by atoms with van der Waals surface area (Å²) in [5, 5.41) is 10.8. The molecule has 0 bridgehead atoms. The summed E-state index contributed by atoms with van der Waals surface area (Å²) in [7, 11) is 0. The summed E-state index contributed by atoms with van der Waals surface area (Å²) >= 11 is 1.39. The average molecular weight is 249 g/mol. The standard InChI is InChI=1S/C11H11N3O2S/c15-8(9-2-1-7-17-9)3-4-11(16)13-10-5-6-12-14-10/h1-2,5-7H,3-4H2,(H2,12,13,14,16). The number of carbonyl (C=O) groups is 2. The number of hydrogen-bond acceptors (Lipinski definition) is 4. The fraction of sp³-hybridized carbons (Fsp3) is 0.182. The lowest BCUT2D eigenvalue weighted by atomic mass is 10.2. The van der Waals surface area contributed by atoms with E-state index in [0.717, 1.165) is 0 Å². The largest absolute Gasteiger partial charge is 0.311 e. The zero-order valence-corrected chi connectivity index (χ0v) is 9.79. The molecule has 0 radical (unpaired) electrons. The van der Waals surface area contributed by atoms with Crippen LogP contribution in [0.4, 0.5) is 5.82 Å². The summed E-state index contributed by atoms with van der Waals surface area (Å²) in [4.78, 5) is 23.8. The van der Waals surface area contributed by atoms with Crippen LogP contribution in [0.5, 0.6) is 0 Å². The zero-order valence-electron chi connectivity index (χ0n) is 8.97. The fourth-order valence-electron chi connectivity index (χ4n) is 1.33. The first-order valence-electron chi connectivity index (χ1n) is 5.11. The SMILES string of the molecule is O=C(CCC(=O)c1cccs1)Nc1ccn[nH]1. The maximum Gasteiger partial charge on any atom is 0.225 e. The molecule has 0 unspecified atom stereocenters. The van der Waals surface area contributed by atoms with Gasteiger partial charge in [0.2, 0.25) is 5.91 Å². The number of amides is 1. The Kier molecular flexibility index (Phi) is 3.66. The number of nitrogens with one attached hydrogen (secondary N) is 2. The van der Waals surface area contributed by atoms with Crippen LogP contribution in [0.25, 0.3) is 0 Å². The molecule has 2 rings (SSSR count). The molecule has 0 spiro atoms. The third-order valence-electron chi connectivity index (χ3n) is 2.15. The molecule has 1 amide bonds. The maximum atomic E-state index is 11.6. The van der Waals surface area contributed by atoms with E-state index in [1.54, 1.807) is 18.3 Å². The highest BCUT2D eigenvalue weighted by atomic mass is 32.1. The fourth-order valence-corrected chi connectivity index (χ4v) is 2.02. The second-order valence-electron chi connectivity index (χ2n) is 3.42. The zero-order chi connectivity index (χ0) is 12.1. The number of carbonyl (C=O) groups excluding carboxylic acids is 2. The Labute approximate surface area is 102 Å². The molecule has 0 aliphatic heterocycles. The summed E-state index contributed by atoms with van der Waals surface area (Å²) in [6.45, 7) is 0. The van der Waals surface area contributed by atoms with Gasteiger partial charge in [-0.2, -0.15) is 5.10 Å². The summed E-state index contributed by atoms with van der Waals surface area (Å²) < 4.78 is 0. The monoisotopic (exact) mass is 249 g/mol. The van der Waals surface area contributed by atoms with Crippen molar-refractivity contribution < 1.29 is 9.59 Å². The predicted molar refractivity (Wildman–Crippen MR) is 65.1 cm³/mol. The van der Waals surface area contributed by atoms with Crippen LogP contribution in [0.3, 0.4) is 0 Å². The van der Waals surface area contributed by atoms with Gasteiger partial charge in [-0.15, -0.1) is 11.3 Å².